The fraction of sp³-hybridized carbons (Fsp3) is 0.130. The molecular weight excluding hydrogens is 1100 g/mol. The van der Waals surface area contributed by atoms with E-state index in [1.54, 1.807) is 33.4 Å². The lowest BCUT2D eigenvalue weighted by molar-refractivity contribution is -0.138. The minimum absolute atomic E-state index is 0.000690. The zero-order valence-electron chi connectivity index (χ0n) is 45.2. The first kappa shape index (κ1) is 54.0. The molecule has 3 heterocycles. The van der Waals surface area contributed by atoms with Gasteiger partial charge >= 0.3 is 24.7 Å². The number of benzene rings is 10. The third-order valence-corrected chi connectivity index (χ3v) is 16.4. The molecular formula is C69H45F12N3. The van der Waals surface area contributed by atoms with Gasteiger partial charge in [0.15, 0.2) is 0 Å². The predicted molar refractivity (Wildman–Crippen MR) is 309 cm³/mol. The van der Waals surface area contributed by atoms with Crippen LogP contribution in [0.25, 0.3) is 116 Å². The summed E-state index contributed by atoms with van der Waals surface area (Å²) in [4.78, 5) is 0. The van der Waals surface area contributed by atoms with Crippen LogP contribution in [0.3, 0.4) is 0 Å². The number of alkyl halides is 12. The summed E-state index contributed by atoms with van der Waals surface area (Å²) in [7, 11) is 0. The summed E-state index contributed by atoms with van der Waals surface area (Å²) < 4.78 is 175. The van der Waals surface area contributed by atoms with Crippen molar-refractivity contribution in [3.63, 3.8) is 0 Å². The Hall–Kier alpha value is -9.24. The first-order valence-corrected chi connectivity index (χ1v) is 26.7. The highest BCUT2D eigenvalue weighted by Gasteiger charge is 2.36. The van der Waals surface area contributed by atoms with Crippen molar-refractivity contribution in [2.24, 2.45) is 0 Å². The number of fused-ring (bicyclic) bond motifs is 9. The zero-order valence-corrected chi connectivity index (χ0v) is 45.2. The molecule has 3 aromatic heterocycles. The van der Waals surface area contributed by atoms with E-state index in [4.69, 9.17) is 0 Å². The monoisotopic (exact) mass is 1140 g/mol. The standard InChI is InChI=1S/C69H45F12N3/c1-36-6-24-51-52-25-7-37(2)31-62(52)84(61(51)30-36)50-22-12-43(13-23-50)65-39(4)63(41-8-18-48(19-9-41)82-57-26-14-44(66(70,71)72)32-53(57)54-33-45(67(73,74)75)15-27-58(54)82)38(3)64(40(65)5)42-10-20-49(21-11-42)83-59-28-16-46(68(76,77)78)34-55(59)56-35-47(69(79,80)81)17-29-60(56)83/h6-35H,1-5H3. The first-order valence-electron chi connectivity index (χ1n) is 26.7. The van der Waals surface area contributed by atoms with Crippen LogP contribution in [-0.2, 0) is 24.7 Å². The second-order valence-electron chi connectivity index (χ2n) is 21.6. The Bertz CT molecular complexity index is 4430. The van der Waals surface area contributed by atoms with Crippen LogP contribution in [0.15, 0.2) is 182 Å². The molecule has 0 N–H and O–H groups in total. The molecule has 0 bridgehead atoms. The van der Waals surface area contributed by atoms with E-state index in [1.807, 2.05) is 45.0 Å². The van der Waals surface area contributed by atoms with Gasteiger partial charge in [0.2, 0.25) is 0 Å². The smallest absolute Gasteiger partial charge is 0.309 e. The molecule has 10 aromatic carbocycles. The fourth-order valence-electron chi connectivity index (χ4n) is 12.7. The van der Waals surface area contributed by atoms with Crippen molar-refractivity contribution in [2.75, 3.05) is 0 Å². The molecule has 3 nitrogen and oxygen atoms in total. The molecule has 0 spiro atoms. The Labute approximate surface area is 471 Å². The molecule has 84 heavy (non-hydrogen) atoms. The summed E-state index contributed by atoms with van der Waals surface area (Å²) in [5.74, 6) is 0. The number of hydrogen-bond acceptors (Lipinski definition) is 0. The van der Waals surface area contributed by atoms with Crippen molar-refractivity contribution in [3.8, 4) is 50.4 Å². The maximum atomic E-state index is 14.1. The van der Waals surface area contributed by atoms with Crippen molar-refractivity contribution in [1.82, 2.24) is 13.7 Å². The van der Waals surface area contributed by atoms with Gasteiger partial charge in [-0.25, -0.2) is 0 Å². The summed E-state index contributed by atoms with van der Waals surface area (Å²) in [6.45, 7) is 10.2. The summed E-state index contributed by atoms with van der Waals surface area (Å²) in [5.41, 5.74) is 11.0. The SMILES string of the molecule is Cc1ccc2c3ccc(C)cc3n(-c3ccc(-c4c(C)c(-c5ccc(-n6c7ccc(C(F)(F)F)cc7c7cc(C(F)(F)F)ccc76)cc5)c(C)c(-c5ccc(-n6c7ccc(C(F)(F)F)cc7c7cc(C(F)(F)F)ccc76)cc5)c4C)cc3)c2c1. The van der Waals surface area contributed by atoms with Crippen LogP contribution in [0.2, 0.25) is 0 Å². The quantitative estimate of drug-likeness (QED) is 0.147. The van der Waals surface area contributed by atoms with Crippen LogP contribution in [0, 0.1) is 34.6 Å². The molecule has 0 amide bonds. The lowest BCUT2D eigenvalue weighted by Gasteiger charge is -2.24. The molecule has 13 rings (SSSR count). The fourth-order valence-corrected chi connectivity index (χ4v) is 12.7. The number of rotatable bonds is 6. The van der Waals surface area contributed by atoms with Crippen molar-refractivity contribution in [3.05, 3.63) is 232 Å². The number of halogens is 12. The number of aromatic nitrogens is 3. The van der Waals surface area contributed by atoms with E-state index in [-0.39, 0.29) is 43.6 Å². The van der Waals surface area contributed by atoms with Crippen molar-refractivity contribution in [1.29, 1.82) is 0 Å². The number of aryl methyl sites for hydroxylation is 2. The van der Waals surface area contributed by atoms with Gasteiger partial charge in [-0.2, -0.15) is 52.7 Å². The normalized spacial score (nSPS) is 12.8. The molecule has 0 radical (unpaired) electrons. The van der Waals surface area contributed by atoms with E-state index in [9.17, 15) is 52.7 Å². The Morgan fingerprint density at radius 1 is 0.238 bits per heavy atom. The Kier molecular flexibility index (Phi) is 12.2. The minimum atomic E-state index is -4.75. The molecule has 0 aliphatic carbocycles. The molecule has 0 saturated carbocycles. The van der Waals surface area contributed by atoms with Gasteiger partial charge in [0, 0.05) is 49.4 Å². The lowest BCUT2D eigenvalue weighted by Crippen LogP contribution is -2.04. The largest absolute Gasteiger partial charge is 0.416 e. The van der Waals surface area contributed by atoms with Gasteiger partial charge in [-0.3, -0.25) is 0 Å². The Morgan fingerprint density at radius 3 is 0.714 bits per heavy atom. The zero-order chi connectivity index (χ0) is 59.3. The summed E-state index contributed by atoms with van der Waals surface area (Å²) >= 11 is 0. The molecule has 0 aliphatic heterocycles. The second kappa shape index (κ2) is 18.9. The van der Waals surface area contributed by atoms with Crippen molar-refractivity contribution >= 4 is 65.4 Å². The topological polar surface area (TPSA) is 14.8 Å². The second-order valence-corrected chi connectivity index (χ2v) is 21.6. The van der Waals surface area contributed by atoms with Gasteiger partial charge in [-0.1, -0.05) is 60.7 Å². The Balaban J connectivity index is 0.985. The third kappa shape index (κ3) is 8.76. The van der Waals surface area contributed by atoms with Gasteiger partial charge in [0.1, 0.15) is 0 Å². The average Bonchev–Trinajstić information content (AvgIpc) is 1.70. The van der Waals surface area contributed by atoms with Gasteiger partial charge in [-0.05, 0) is 217 Å². The molecule has 0 saturated heterocycles. The molecule has 420 valence electrons. The van der Waals surface area contributed by atoms with Gasteiger partial charge < -0.3 is 13.7 Å². The van der Waals surface area contributed by atoms with Gasteiger partial charge in [0.05, 0.1) is 55.4 Å². The van der Waals surface area contributed by atoms with Crippen LogP contribution in [0.4, 0.5) is 52.7 Å². The molecule has 0 aliphatic rings. The van der Waals surface area contributed by atoms with E-state index >= 15 is 0 Å². The van der Waals surface area contributed by atoms with Crippen LogP contribution >= 0.6 is 0 Å². The van der Waals surface area contributed by atoms with Crippen LogP contribution in [0.5, 0.6) is 0 Å². The molecule has 0 unspecified atom stereocenters. The molecule has 0 atom stereocenters. The highest BCUT2D eigenvalue weighted by molar-refractivity contribution is 6.12. The van der Waals surface area contributed by atoms with Crippen molar-refractivity contribution in [2.45, 2.75) is 59.3 Å². The van der Waals surface area contributed by atoms with E-state index in [0.717, 1.165) is 137 Å². The average molecular weight is 1140 g/mol. The summed E-state index contributed by atoms with van der Waals surface area (Å²) in [6, 6.07) is 47.9. The highest BCUT2D eigenvalue weighted by Crippen LogP contribution is 2.47. The number of nitrogens with zero attached hydrogens (tertiary/aromatic N) is 3. The maximum Gasteiger partial charge on any atom is 0.416 e. The van der Waals surface area contributed by atoms with Gasteiger partial charge in [-0.15, -0.1) is 0 Å². The maximum absolute atomic E-state index is 14.1. The van der Waals surface area contributed by atoms with Gasteiger partial charge in [0.25, 0.3) is 0 Å². The lowest BCUT2D eigenvalue weighted by atomic mass is 9.80. The first-order chi connectivity index (χ1) is 39.7. The minimum Gasteiger partial charge on any atom is -0.309 e. The summed E-state index contributed by atoms with van der Waals surface area (Å²) in [6.07, 6.45) is -19.0. The molecule has 15 heteroatoms. The van der Waals surface area contributed by atoms with Crippen molar-refractivity contribution < 1.29 is 52.7 Å². The third-order valence-electron chi connectivity index (χ3n) is 16.4. The molecule has 0 fully saturated rings. The van der Waals surface area contributed by atoms with E-state index in [1.165, 1.54) is 24.3 Å². The van der Waals surface area contributed by atoms with Crippen LogP contribution < -0.4 is 0 Å². The van der Waals surface area contributed by atoms with Crippen LogP contribution in [0.1, 0.15) is 50.1 Å². The van der Waals surface area contributed by atoms with E-state index in [0.29, 0.717) is 11.4 Å². The highest BCUT2D eigenvalue weighted by atomic mass is 19.4. The van der Waals surface area contributed by atoms with Crippen LogP contribution in [-0.4, -0.2) is 13.7 Å². The van der Waals surface area contributed by atoms with E-state index < -0.39 is 47.0 Å². The van der Waals surface area contributed by atoms with E-state index in [2.05, 4.69) is 79.1 Å². The molecule has 13 aromatic rings. The summed E-state index contributed by atoms with van der Waals surface area (Å²) in [5, 5.41) is 2.23. The Morgan fingerprint density at radius 2 is 0.476 bits per heavy atom. The predicted octanol–water partition coefficient (Wildman–Crippen LogP) is 21.6. The number of hydrogen-bond donors (Lipinski definition) is 0.